The Labute approximate surface area is 101 Å². The number of furan rings is 1. The molecule has 2 heterocycles. The third kappa shape index (κ3) is 2.51. The third-order valence-corrected chi connectivity index (χ3v) is 1.88. The summed E-state index contributed by atoms with van der Waals surface area (Å²) in [5.74, 6) is 0.395. The highest BCUT2D eigenvalue weighted by molar-refractivity contribution is 5.58. The molecule has 9 nitrogen and oxygen atoms in total. The van der Waals surface area contributed by atoms with E-state index in [4.69, 9.17) is 4.42 Å². The first-order valence-electron chi connectivity index (χ1n) is 4.94. The van der Waals surface area contributed by atoms with Gasteiger partial charge in [-0.1, -0.05) is 0 Å². The summed E-state index contributed by atoms with van der Waals surface area (Å²) in [6.45, 7) is 0. The van der Waals surface area contributed by atoms with Crippen LogP contribution >= 0.6 is 0 Å². The number of nitro groups is 1. The molecule has 0 fully saturated rings. The molecule has 2 aromatic rings. The first kappa shape index (κ1) is 11.8. The minimum Gasteiger partial charge on any atom is -0.397 e. The van der Waals surface area contributed by atoms with E-state index in [9.17, 15) is 10.1 Å². The van der Waals surface area contributed by atoms with Crippen LogP contribution < -0.4 is 0 Å². The summed E-state index contributed by atoms with van der Waals surface area (Å²) in [6.07, 6.45) is 1.54. The Bertz CT molecular complexity index is 585. The van der Waals surface area contributed by atoms with Gasteiger partial charge in [-0.25, -0.2) is 4.99 Å². The van der Waals surface area contributed by atoms with Crippen LogP contribution in [0.5, 0.6) is 0 Å². The zero-order chi connectivity index (χ0) is 13.1. The van der Waals surface area contributed by atoms with Gasteiger partial charge in [0.2, 0.25) is 0 Å². The molecule has 0 unspecified atom stereocenters. The number of nitrogens with zero attached hydrogens (tertiary/aromatic N) is 5. The van der Waals surface area contributed by atoms with Crippen molar-refractivity contribution in [2.45, 2.75) is 0 Å². The molecule has 0 spiro atoms. The molecule has 94 valence electrons. The fourth-order valence-corrected chi connectivity index (χ4v) is 1.14. The SMILES string of the molecule is CN(C)/C=N/c1n[nH]c(-c2ccc([N+](=O)[O-])o2)n1. The van der Waals surface area contributed by atoms with Crippen LogP contribution in [0.15, 0.2) is 21.5 Å². The van der Waals surface area contributed by atoms with Gasteiger partial charge in [0.1, 0.15) is 4.92 Å². The minimum atomic E-state index is -0.620. The fraction of sp³-hybridized carbons (Fsp3) is 0.222. The number of nitrogens with one attached hydrogen (secondary N) is 1. The molecule has 0 aliphatic rings. The minimum absolute atomic E-state index is 0.220. The van der Waals surface area contributed by atoms with Crippen molar-refractivity contribution in [3.63, 3.8) is 0 Å². The molecule has 0 saturated heterocycles. The molecular weight excluding hydrogens is 240 g/mol. The number of H-pyrrole nitrogens is 1. The molecule has 9 heteroatoms. The Morgan fingerprint density at radius 2 is 2.33 bits per heavy atom. The van der Waals surface area contributed by atoms with Gasteiger partial charge in [-0.05, 0) is 6.07 Å². The predicted octanol–water partition coefficient (Wildman–Crippen LogP) is 1.19. The summed E-state index contributed by atoms with van der Waals surface area (Å²) in [6, 6.07) is 2.69. The molecule has 0 radical (unpaired) electrons. The molecule has 0 aliphatic carbocycles. The molecule has 2 rings (SSSR count). The van der Waals surface area contributed by atoms with E-state index in [1.807, 2.05) is 14.1 Å². The molecule has 0 atom stereocenters. The molecule has 18 heavy (non-hydrogen) atoms. The van der Waals surface area contributed by atoms with E-state index in [1.54, 1.807) is 4.90 Å². The molecule has 0 aliphatic heterocycles. The van der Waals surface area contributed by atoms with E-state index in [1.165, 1.54) is 18.5 Å². The van der Waals surface area contributed by atoms with E-state index in [0.29, 0.717) is 0 Å². The third-order valence-electron chi connectivity index (χ3n) is 1.88. The highest BCUT2D eigenvalue weighted by atomic mass is 16.6. The van der Waals surface area contributed by atoms with E-state index >= 15 is 0 Å². The van der Waals surface area contributed by atoms with Gasteiger partial charge in [0.05, 0.1) is 12.4 Å². The Morgan fingerprint density at radius 3 is 2.94 bits per heavy atom. The fourth-order valence-electron chi connectivity index (χ4n) is 1.14. The maximum Gasteiger partial charge on any atom is 0.433 e. The molecule has 0 amide bonds. The van der Waals surface area contributed by atoms with Gasteiger partial charge in [0.25, 0.3) is 5.95 Å². The van der Waals surface area contributed by atoms with Gasteiger partial charge in [-0.2, -0.15) is 4.98 Å². The van der Waals surface area contributed by atoms with Crippen LogP contribution in [0.4, 0.5) is 11.8 Å². The normalized spacial score (nSPS) is 11.0. The van der Waals surface area contributed by atoms with E-state index in [-0.39, 0.29) is 23.4 Å². The number of hydrogen-bond donors (Lipinski definition) is 1. The summed E-state index contributed by atoms with van der Waals surface area (Å²) in [4.78, 5) is 19.6. The van der Waals surface area contributed by atoms with Crippen LogP contribution in [0, 0.1) is 10.1 Å². The summed E-state index contributed by atoms with van der Waals surface area (Å²) >= 11 is 0. The summed E-state index contributed by atoms with van der Waals surface area (Å²) < 4.78 is 4.97. The van der Waals surface area contributed by atoms with E-state index in [0.717, 1.165) is 0 Å². The van der Waals surface area contributed by atoms with Crippen molar-refractivity contribution >= 4 is 18.2 Å². The van der Waals surface area contributed by atoms with Crippen LogP contribution in [-0.2, 0) is 0 Å². The number of rotatable bonds is 4. The number of aliphatic imine (C=N–C) groups is 1. The van der Waals surface area contributed by atoms with Crippen LogP contribution in [0.25, 0.3) is 11.6 Å². The predicted molar refractivity (Wildman–Crippen MR) is 62.6 cm³/mol. The van der Waals surface area contributed by atoms with E-state index in [2.05, 4.69) is 20.2 Å². The Kier molecular flexibility index (Phi) is 3.04. The first-order chi connectivity index (χ1) is 8.56. The maximum atomic E-state index is 10.5. The molecule has 0 saturated carbocycles. The molecular formula is C9H10N6O3. The molecule has 2 aromatic heterocycles. The highest BCUT2D eigenvalue weighted by Crippen LogP contribution is 2.23. The van der Waals surface area contributed by atoms with Crippen LogP contribution in [-0.4, -0.2) is 45.4 Å². The van der Waals surface area contributed by atoms with Gasteiger partial charge in [0.15, 0.2) is 11.6 Å². The van der Waals surface area contributed by atoms with Crippen molar-refractivity contribution in [1.29, 1.82) is 0 Å². The Balaban J connectivity index is 2.21. The summed E-state index contributed by atoms with van der Waals surface area (Å²) in [5, 5.41) is 16.9. The molecule has 0 aromatic carbocycles. The van der Waals surface area contributed by atoms with Crippen molar-refractivity contribution in [1.82, 2.24) is 20.1 Å². The Morgan fingerprint density at radius 1 is 1.56 bits per heavy atom. The lowest BCUT2D eigenvalue weighted by Crippen LogP contribution is -2.07. The maximum absolute atomic E-state index is 10.5. The first-order valence-corrected chi connectivity index (χ1v) is 4.94. The quantitative estimate of drug-likeness (QED) is 0.377. The largest absolute Gasteiger partial charge is 0.433 e. The van der Waals surface area contributed by atoms with Crippen LogP contribution in [0.1, 0.15) is 0 Å². The van der Waals surface area contributed by atoms with Crippen molar-refractivity contribution in [3.8, 4) is 11.6 Å². The summed E-state index contributed by atoms with van der Waals surface area (Å²) in [7, 11) is 3.62. The second-order valence-electron chi connectivity index (χ2n) is 3.59. The average molecular weight is 250 g/mol. The zero-order valence-corrected chi connectivity index (χ0v) is 9.69. The second-order valence-corrected chi connectivity index (χ2v) is 3.59. The Hall–Kier alpha value is -2.71. The van der Waals surface area contributed by atoms with Crippen LogP contribution in [0.3, 0.4) is 0 Å². The molecule has 1 N–H and O–H groups in total. The van der Waals surface area contributed by atoms with E-state index < -0.39 is 4.92 Å². The topological polar surface area (TPSA) is 113 Å². The number of hydrogen-bond acceptors (Lipinski definition) is 6. The van der Waals surface area contributed by atoms with Crippen molar-refractivity contribution in [2.75, 3.05) is 14.1 Å². The number of aromatic nitrogens is 3. The molecule has 0 bridgehead atoms. The van der Waals surface area contributed by atoms with Gasteiger partial charge in [-0.3, -0.25) is 15.2 Å². The summed E-state index contributed by atoms with van der Waals surface area (Å²) in [5.41, 5.74) is 0. The van der Waals surface area contributed by atoms with Crippen molar-refractivity contribution < 1.29 is 9.34 Å². The lowest BCUT2D eigenvalue weighted by Gasteiger charge is -1.99. The van der Waals surface area contributed by atoms with Gasteiger partial charge in [0, 0.05) is 14.1 Å². The van der Waals surface area contributed by atoms with Crippen molar-refractivity contribution in [3.05, 3.63) is 22.2 Å². The van der Waals surface area contributed by atoms with Gasteiger partial charge in [-0.15, -0.1) is 5.10 Å². The second kappa shape index (κ2) is 4.65. The van der Waals surface area contributed by atoms with Gasteiger partial charge < -0.3 is 9.32 Å². The van der Waals surface area contributed by atoms with Crippen LogP contribution in [0.2, 0.25) is 0 Å². The standard InChI is InChI=1S/C9H10N6O3/c1-14(2)5-10-9-11-8(12-13-9)6-3-4-7(18-6)15(16)17/h3-5H,1-2H3,(H,11,12,13)/b10-5+. The smallest absolute Gasteiger partial charge is 0.397 e. The highest BCUT2D eigenvalue weighted by Gasteiger charge is 2.15. The average Bonchev–Trinajstić information content (AvgIpc) is 2.95. The van der Waals surface area contributed by atoms with Gasteiger partial charge >= 0.3 is 5.88 Å². The lowest BCUT2D eigenvalue weighted by molar-refractivity contribution is -0.401. The number of aromatic amines is 1. The zero-order valence-electron chi connectivity index (χ0n) is 9.69. The lowest BCUT2D eigenvalue weighted by atomic mass is 10.4. The monoisotopic (exact) mass is 250 g/mol. The van der Waals surface area contributed by atoms with Crippen molar-refractivity contribution in [2.24, 2.45) is 4.99 Å².